The van der Waals surface area contributed by atoms with Gasteiger partial charge in [0.2, 0.25) is 0 Å². The smallest absolute Gasteiger partial charge is 0.293 e. The third kappa shape index (κ3) is 3.07. The Morgan fingerprint density at radius 1 is 1.25 bits per heavy atom. The molecule has 16 heavy (non-hydrogen) atoms. The summed E-state index contributed by atoms with van der Waals surface area (Å²) in [6, 6.07) is 4.42. The zero-order chi connectivity index (χ0) is 12.6. The number of carbonyl (C=O) groups is 1. The maximum Gasteiger partial charge on any atom is 0.416 e. The van der Waals surface area contributed by atoms with Crippen LogP contribution in [0.4, 0.5) is 13.2 Å². The molecule has 0 radical (unpaired) electrons. The highest BCUT2D eigenvalue weighted by Crippen LogP contribution is 2.31. The molecule has 1 rings (SSSR count). The number of carbonyl (C=O) groups excluding carboxylic acids is 1. The molecule has 0 fully saturated rings. The molecule has 0 aliphatic carbocycles. The van der Waals surface area contributed by atoms with Gasteiger partial charge in [0.1, 0.15) is 0 Å². The Labute approximate surface area is 99.8 Å². The summed E-state index contributed by atoms with van der Waals surface area (Å²) in [4.78, 5) is 11.7. The van der Waals surface area contributed by atoms with E-state index in [1.807, 2.05) is 0 Å². The topological polar surface area (TPSA) is 17.1 Å². The van der Waals surface area contributed by atoms with Crippen LogP contribution in [-0.4, -0.2) is 10.1 Å². The molecule has 0 atom stereocenters. The SMILES string of the molecule is CC(C)(Br)C(=O)c1cccc(C(F)(F)F)c1. The number of rotatable bonds is 2. The van der Waals surface area contributed by atoms with Crippen LogP contribution in [0.3, 0.4) is 0 Å². The number of hydrogen-bond donors (Lipinski definition) is 0. The van der Waals surface area contributed by atoms with E-state index in [0.717, 1.165) is 12.1 Å². The predicted octanol–water partition coefficient (Wildman–Crippen LogP) is 4.06. The van der Waals surface area contributed by atoms with E-state index in [4.69, 9.17) is 0 Å². The highest BCUT2D eigenvalue weighted by Gasteiger charge is 2.32. The molecular weight excluding hydrogens is 285 g/mol. The molecule has 0 N–H and O–H groups in total. The molecule has 0 bridgehead atoms. The van der Waals surface area contributed by atoms with Crippen molar-refractivity contribution >= 4 is 21.7 Å². The van der Waals surface area contributed by atoms with Crippen LogP contribution in [0.15, 0.2) is 24.3 Å². The van der Waals surface area contributed by atoms with Gasteiger partial charge in [0.15, 0.2) is 5.78 Å². The Balaban J connectivity index is 3.14. The number of benzene rings is 1. The van der Waals surface area contributed by atoms with Crippen molar-refractivity contribution in [2.45, 2.75) is 24.3 Å². The molecule has 1 aromatic rings. The second kappa shape index (κ2) is 4.20. The number of alkyl halides is 4. The van der Waals surface area contributed by atoms with E-state index in [-0.39, 0.29) is 11.3 Å². The molecular formula is C11H10BrF3O. The van der Waals surface area contributed by atoms with Crippen LogP contribution in [0.2, 0.25) is 0 Å². The van der Waals surface area contributed by atoms with E-state index in [9.17, 15) is 18.0 Å². The average molecular weight is 295 g/mol. The fourth-order valence-corrected chi connectivity index (χ4v) is 1.41. The number of ketones is 1. The predicted molar refractivity (Wildman–Crippen MR) is 58.8 cm³/mol. The summed E-state index contributed by atoms with van der Waals surface area (Å²) in [6.45, 7) is 3.19. The van der Waals surface area contributed by atoms with Gasteiger partial charge in [0, 0.05) is 5.56 Å². The van der Waals surface area contributed by atoms with Crippen molar-refractivity contribution in [1.29, 1.82) is 0 Å². The van der Waals surface area contributed by atoms with E-state index >= 15 is 0 Å². The van der Waals surface area contributed by atoms with Crippen LogP contribution in [0.25, 0.3) is 0 Å². The van der Waals surface area contributed by atoms with Crippen molar-refractivity contribution in [2.24, 2.45) is 0 Å². The largest absolute Gasteiger partial charge is 0.416 e. The van der Waals surface area contributed by atoms with E-state index < -0.39 is 16.1 Å². The molecule has 0 unspecified atom stereocenters. The van der Waals surface area contributed by atoms with Crippen molar-refractivity contribution in [1.82, 2.24) is 0 Å². The summed E-state index contributed by atoms with van der Waals surface area (Å²) in [6.07, 6.45) is -4.42. The molecule has 5 heteroatoms. The minimum Gasteiger partial charge on any atom is -0.293 e. The Morgan fingerprint density at radius 2 is 1.81 bits per heavy atom. The zero-order valence-electron chi connectivity index (χ0n) is 8.73. The summed E-state index contributed by atoms with van der Waals surface area (Å²) >= 11 is 3.12. The number of Topliss-reactive ketones (excluding diaryl/α,β-unsaturated/α-hetero) is 1. The minimum atomic E-state index is -4.42. The van der Waals surface area contributed by atoms with Gasteiger partial charge < -0.3 is 0 Å². The lowest BCUT2D eigenvalue weighted by atomic mass is 9.99. The van der Waals surface area contributed by atoms with Gasteiger partial charge in [0.05, 0.1) is 9.89 Å². The first-order chi connectivity index (χ1) is 7.12. The maximum atomic E-state index is 12.4. The molecule has 0 aliphatic rings. The van der Waals surface area contributed by atoms with Crippen LogP contribution in [0.1, 0.15) is 29.8 Å². The second-order valence-corrected chi connectivity index (χ2v) is 5.86. The average Bonchev–Trinajstić information content (AvgIpc) is 2.14. The Hall–Kier alpha value is -0.840. The van der Waals surface area contributed by atoms with Gasteiger partial charge in [-0.05, 0) is 26.0 Å². The van der Waals surface area contributed by atoms with Crippen LogP contribution < -0.4 is 0 Å². The van der Waals surface area contributed by atoms with E-state index in [2.05, 4.69) is 15.9 Å². The summed E-state index contributed by atoms with van der Waals surface area (Å²) < 4.78 is 36.4. The molecule has 0 saturated carbocycles. The minimum absolute atomic E-state index is 0.0525. The van der Waals surface area contributed by atoms with Crippen molar-refractivity contribution in [2.75, 3.05) is 0 Å². The molecule has 1 aromatic carbocycles. The van der Waals surface area contributed by atoms with E-state index in [1.54, 1.807) is 13.8 Å². The monoisotopic (exact) mass is 294 g/mol. The second-order valence-electron chi connectivity index (χ2n) is 3.88. The van der Waals surface area contributed by atoms with Crippen LogP contribution >= 0.6 is 15.9 Å². The first-order valence-corrected chi connectivity index (χ1v) is 5.32. The Bertz CT molecular complexity index is 404. The normalized spacial score (nSPS) is 12.6. The zero-order valence-corrected chi connectivity index (χ0v) is 10.3. The van der Waals surface area contributed by atoms with Crippen molar-refractivity contribution < 1.29 is 18.0 Å². The lowest BCUT2D eigenvalue weighted by molar-refractivity contribution is -0.137. The highest BCUT2D eigenvalue weighted by atomic mass is 79.9. The number of halogens is 4. The van der Waals surface area contributed by atoms with Gasteiger partial charge in [-0.25, -0.2) is 0 Å². The third-order valence-electron chi connectivity index (χ3n) is 1.99. The van der Waals surface area contributed by atoms with Crippen molar-refractivity contribution in [3.05, 3.63) is 35.4 Å². The lowest BCUT2D eigenvalue weighted by Gasteiger charge is -2.15. The molecule has 0 amide bonds. The van der Waals surface area contributed by atoms with E-state index in [0.29, 0.717) is 0 Å². The third-order valence-corrected chi connectivity index (χ3v) is 2.35. The van der Waals surface area contributed by atoms with Gasteiger partial charge in [-0.15, -0.1) is 0 Å². The van der Waals surface area contributed by atoms with Crippen LogP contribution in [0, 0.1) is 0 Å². The summed E-state index contributed by atoms with van der Waals surface area (Å²) in [5.74, 6) is -0.376. The quantitative estimate of drug-likeness (QED) is 0.594. The standard InChI is InChI=1S/C11H10BrF3O/c1-10(2,12)9(16)7-4-3-5-8(6-7)11(13,14)15/h3-6H,1-2H3. The summed E-state index contributed by atoms with van der Waals surface area (Å²) in [5.41, 5.74) is -0.758. The molecule has 1 nitrogen and oxygen atoms in total. The first kappa shape index (κ1) is 13.2. The highest BCUT2D eigenvalue weighted by molar-refractivity contribution is 9.10. The summed E-state index contributed by atoms with van der Waals surface area (Å²) in [5, 5.41) is 0. The molecule has 0 aromatic heterocycles. The van der Waals surface area contributed by atoms with Gasteiger partial charge >= 0.3 is 6.18 Å². The van der Waals surface area contributed by atoms with Crippen LogP contribution in [0.5, 0.6) is 0 Å². The van der Waals surface area contributed by atoms with Gasteiger partial charge in [0.25, 0.3) is 0 Å². The fourth-order valence-electron chi connectivity index (χ4n) is 1.18. The number of hydrogen-bond acceptors (Lipinski definition) is 1. The first-order valence-electron chi connectivity index (χ1n) is 4.53. The summed E-state index contributed by atoms with van der Waals surface area (Å²) in [7, 11) is 0. The molecule has 0 spiro atoms. The molecule has 0 aliphatic heterocycles. The van der Waals surface area contributed by atoms with Crippen molar-refractivity contribution in [3.63, 3.8) is 0 Å². The van der Waals surface area contributed by atoms with Crippen LogP contribution in [-0.2, 0) is 6.18 Å². The Kier molecular flexibility index (Phi) is 3.47. The lowest BCUT2D eigenvalue weighted by Crippen LogP contribution is -2.24. The van der Waals surface area contributed by atoms with Gasteiger partial charge in [-0.2, -0.15) is 13.2 Å². The Morgan fingerprint density at radius 3 is 2.25 bits per heavy atom. The molecule has 0 saturated heterocycles. The fraction of sp³-hybridized carbons (Fsp3) is 0.364. The van der Waals surface area contributed by atoms with E-state index in [1.165, 1.54) is 12.1 Å². The van der Waals surface area contributed by atoms with Gasteiger partial charge in [-0.1, -0.05) is 28.1 Å². The van der Waals surface area contributed by atoms with Crippen molar-refractivity contribution in [3.8, 4) is 0 Å². The molecule has 88 valence electrons. The maximum absolute atomic E-state index is 12.4. The van der Waals surface area contributed by atoms with Gasteiger partial charge in [-0.3, -0.25) is 4.79 Å². The molecule has 0 heterocycles.